The van der Waals surface area contributed by atoms with Crippen LogP contribution in [0.15, 0.2) is 23.7 Å². The molecule has 2 aromatic rings. The van der Waals surface area contributed by atoms with Crippen molar-refractivity contribution < 1.29 is 24.2 Å². The Labute approximate surface area is 143 Å². The van der Waals surface area contributed by atoms with Gasteiger partial charge in [-0.15, -0.1) is 11.3 Å². The molecule has 1 aromatic carbocycles. The third-order valence-electron chi connectivity index (χ3n) is 3.45. The Morgan fingerprint density at radius 2 is 2.08 bits per heavy atom. The highest BCUT2D eigenvalue weighted by Gasteiger charge is 2.24. The lowest BCUT2D eigenvalue weighted by Crippen LogP contribution is -2.30. The van der Waals surface area contributed by atoms with E-state index in [1.165, 1.54) is 25.6 Å². The van der Waals surface area contributed by atoms with Crippen molar-refractivity contribution in [2.45, 2.75) is 19.4 Å². The average molecular weight is 350 g/mol. The summed E-state index contributed by atoms with van der Waals surface area (Å²) in [5.74, 6) is -0.366. The van der Waals surface area contributed by atoms with Crippen LogP contribution in [0.3, 0.4) is 0 Å². The van der Waals surface area contributed by atoms with Gasteiger partial charge < -0.3 is 19.9 Å². The normalized spacial score (nSPS) is 11.6. The predicted molar refractivity (Wildman–Crippen MR) is 88.9 cm³/mol. The largest absolute Gasteiger partial charge is 0.497 e. The van der Waals surface area contributed by atoms with E-state index in [0.29, 0.717) is 27.6 Å². The molecule has 1 atom stereocenters. The first-order chi connectivity index (χ1) is 11.5. The molecule has 1 heterocycles. The molecule has 1 aromatic heterocycles. The van der Waals surface area contributed by atoms with Crippen molar-refractivity contribution >= 4 is 23.2 Å². The second-order valence-corrected chi connectivity index (χ2v) is 5.85. The number of ether oxygens (including phenoxy) is 2. The number of carboxylic acid groups (broad SMARTS) is 1. The second-order valence-electron chi connectivity index (χ2n) is 5.00. The molecule has 1 unspecified atom stereocenters. The van der Waals surface area contributed by atoms with Gasteiger partial charge in [0.25, 0.3) is 5.91 Å². The third-order valence-corrected chi connectivity index (χ3v) is 4.38. The van der Waals surface area contributed by atoms with Crippen molar-refractivity contribution in [1.29, 1.82) is 0 Å². The SMILES string of the molecule is COc1ccc(C(CC(=O)O)NC(=O)c2scnc2C)c(OC)c1. The summed E-state index contributed by atoms with van der Waals surface area (Å²) in [4.78, 5) is 28.1. The molecule has 128 valence electrons. The van der Waals surface area contributed by atoms with Crippen molar-refractivity contribution in [3.05, 3.63) is 39.8 Å². The number of thiazole rings is 1. The lowest BCUT2D eigenvalue weighted by molar-refractivity contribution is -0.137. The summed E-state index contributed by atoms with van der Waals surface area (Å²) in [6.07, 6.45) is -0.272. The van der Waals surface area contributed by atoms with Crippen molar-refractivity contribution in [3.8, 4) is 11.5 Å². The van der Waals surface area contributed by atoms with Crippen molar-refractivity contribution in [2.24, 2.45) is 0 Å². The van der Waals surface area contributed by atoms with Crippen molar-refractivity contribution in [3.63, 3.8) is 0 Å². The number of nitrogens with one attached hydrogen (secondary N) is 1. The number of hydrogen-bond donors (Lipinski definition) is 2. The number of carbonyl (C=O) groups excluding carboxylic acids is 1. The summed E-state index contributed by atoms with van der Waals surface area (Å²) in [5, 5.41) is 11.9. The standard InChI is InChI=1S/C16H18N2O5S/c1-9-15(24-8-17-9)16(21)18-12(7-14(19)20)11-5-4-10(22-2)6-13(11)23-3/h4-6,8,12H,7H2,1-3H3,(H,18,21)(H,19,20). The van der Waals surface area contributed by atoms with E-state index >= 15 is 0 Å². The summed E-state index contributed by atoms with van der Waals surface area (Å²) in [7, 11) is 3.00. The van der Waals surface area contributed by atoms with Crippen molar-refractivity contribution in [2.75, 3.05) is 14.2 Å². The minimum Gasteiger partial charge on any atom is -0.497 e. The van der Waals surface area contributed by atoms with E-state index < -0.39 is 12.0 Å². The molecule has 0 bridgehead atoms. The van der Waals surface area contributed by atoms with Crippen LogP contribution in [0.1, 0.15) is 33.4 Å². The number of nitrogens with zero attached hydrogens (tertiary/aromatic N) is 1. The van der Waals surface area contributed by atoms with Crippen LogP contribution in [-0.4, -0.2) is 36.2 Å². The number of carboxylic acids is 1. The van der Waals surface area contributed by atoms with Crippen LogP contribution in [0.4, 0.5) is 0 Å². The molecule has 24 heavy (non-hydrogen) atoms. The minimum absolute atomic E-state index is 0.272. The fraction of sp³-hybridized carbons (Fsp3) is 0.312. The van der Waals surface area contributed by atoms with Crippen molar-refractivity contribution in [1.82, 2.24) is 10.3 Å². The molecule has 0 spiro atoms. The first-order valence-electron chi connectivity index (χ1n) is 7.11. The Morgan fingerprint density at radius 3 is 2.62 bits per heavy atom. The molecule has 2 N–H and O–H groups in total. The molecule has 8 heteroatoms. The van der Waals surface area contributed by atoms with Crippen LogP contribution in [0, 0.1) is 6.92 Å². The van der Waals surface area contributed by atoms with Gasteiger partial charge in [0.1, 0.15) is 16.4 Å². The number of methoxy groups -OCH3 is 2. The number of carbonyl (C=O) groups is 2. The maximum Gasteiger partial charge on any atom is 0.305 e. The quantitative estimate of drug-likeness (QED) is 0.796. The Bertz CT molecular complexity index is 744. The number of aliphatic carboxylic acids is 1. The maximum atomic E-state index is 12.4. The van der Waals surface area contributed by atoms with E-state index in [-0.39, 0.29) is 12.3 Å². The molecule has 2 rings (SSSR count). The molecule has 0 fully saturated rings. The third kappa shape index (κ3) is 4.02. The summed E-state index contributed by atoms with van der Waals surface area (Å²) < 4.78 is 10.5. The van der Waals surface area contributed by atoms with Gasteiger partial charge in [0.15, 0.2) is 0 Å². The molecule has 0 aliphatic heterocycles. The highest BCUT2D eigenvalue weighted by molar-refractivity contribution is 7.11. The lowest BCUT2D eigenvalue weighted by Gasteiger charge is -2.20. The average Bonchev–Trinajstić information content (AvgIpc) is 2.99. The summed E-state index contributed by atoms with van der Waals surface area (Å²) in [6.45, 7) is 1.73. The Kier molecular flexibility index (Phi) is 5.75. The van der Waals surface area contributed by atoms with Gasteiger partial charge in [-0.2, -0.15) is 0 Å². The molecular formula is C16H18N2O5S. The summed E-state index contributed by atoms with van der Waals surface area (Å²) in [6, 6.07) is 4.29. The van der Waals surface area contributed by atoms with Gasteiger partial charge in [0, 0.05) is 11.6 Å². The van der Waals surface area contributed by atoms with Crippen LogP contribution in [0.5, 0.6) is 11.5 Å². The van der Waals surface area contributed by atoms with Crippen LogP contribution in [0.25, 0.3) is 0 Å². The van der Waals surface area contributed by atoms with Crippen LogP contribution in [0.2, 0.25) is 0 Å². The van der Waals surface area contributed by atoms with Gasteiger partial charge in [-0.05, 0) is 19.1 Å². The Balaban J connectivity index is 2.33. The van der Waals surface area contributed by atoms with E-state index in [2.05, 4.69) is 10.3 Å². The van der Waals surface area contributed by atoms with E-state index in [9.17, 15) is 14.7 Å². The highest BCUT2D eigenvalue weighted by atomic mass is 32.1. The van der Waals surface area contributed by atoms with Gasteiger partial charge >= 0.3 is 5.97 Å². The van der Waals surface area contributed by atoms with Crippen LogP contribution >= 0.6 is 11.3 Å². The zero-order valence-electron chi connectivity index (χ0n) is 13.5. The molecular weight excluding hydrogens is 332 g/mol. The predicted octanol–water partition coefficient (Wildman–Crippen LogP) is 2.41. The number of amides is 1. The summed E-state index contributed by atoms with van der Waals surface area (Å²) >= 11 is 1.21. The maximum absolute atomic E-state index is 12.4. The highest BCUT2D eigenvalue weighted by Crippen LogP contribution is 2.31. The van der Waals surface area contributed by atoms with Gasteiger partial charge in [-0.1, -0.05) is 0 Å². The number of benzene rings is 1. The topological polar surface area (TPSA) is 97.8 Å². The van der Waals surface area contributed by atoms with Gasteiger partial charge in [-0.3, -0.25) is 9.59 Å². The molecule has 0 saturated heterocycles. The number of aryl methyl sites for hydroxylation is 1. The fourth-order valence-electron chi connectivity index (χ4n) is 2.26. The molecule has 0 aliphatic carbocycles. The fourth-order valence-corrected chi connectivity index (χ4v) is 2.97. The molecule has 0 saturated carbocycles. The van der Waals surface area contributed by atoms with E-state index in [1.54, 1.807) is 30.6 Å². The molecule has 7 nitrogen and oxygen atoms in total. The monoisotopic (exact) mass is 350 g/mol. The van der Waals surface area contributed by atoms with E-state index in [0.717, 1.165) is 0 Å². The summed E-state index contributed by atoms with van der Waals surface area (Å²) in [5.41, 5.74) is 2.74. The first-order valence-corrected chi connectivity index (χ1v) is 7.99. The Morgan fingerprint density at radius 1 is 1.33 bits per heavy atom. The second kappa shape index (κ2) is 7.78. The van der Waals surface area contributed by atoms with Crippen LogP contribution in [-0.2, 0) is 4.79 Å². The van der Waals surface area contributed by atoms with Gasteiger partial charge in [0.2, 0.25) is 0 Å². The number of hydrogen-bond acceptors (Lipinski definition) is 6. The van der Waals surface area contributed by atoms with Gasteiger partial charge in [0.05, 0.1) is 37.9 Å². The van der Waals surface area contributed by atoms with E-state index in [1.807, 2.05) is 0 Å². The van der Waals surface area contributed by atoms with E-state index in [4.69, 9.17) is 9.47 Å². The number of rotatable bonds is 7. The van der Waals surface area contributed by atoms with Gasteiger partial charge in [-0.25, -0.2) is 4.98 Å². The molecule has 0 aliphatic rings. The van der Waals surface area contributed by atoms with Crippen LogP contribution < -0.4 is 14.8 Å². The Hall–Kier alpha value is -2.61. The minimum atomic E-state index is -1.03. The molecule has 0 radical (unpaired) electrons. The lowest BCUT2D eigenvalue weighted by atomic mass is 10.0. The molecule has 1 amide bonds. The zero-order chi connectivity index (χ0) is 17.7. The zero-order valence-corrected chi connectivity index (χ0v) is 14.3. The first kappa shape index (κ1) is 17.7. The smallest absolute Gasteiger partial charge is 0.305 e. The number of aromatic nitrogens is 1.